The Morgan fingerprint density at radius 2 is 2.31 bits per heavy atom. The highest BCUT2D eigenvalue weighted by molar-refractivity contribution is 8.13. The summed E-state index contributed by atoms with van der Waals surface area (Å²) >= 11 is 6.73. The second-order valence-corrected chi connectivity index (χ2v) is 4.75. The number of rotatable bonds is 4. The Bertz CT molecular complexity index is 375. The lowest BCUT2D eigenvalue weighted by molar-refractivity contribution is -0.109. The van der Waals surface area contributed by atoms with Crippen LogP contribution in [-0.4, -0.2) is 32.2 Å². The molecule has 0 bridgehead atoms. The van der Waals surface area contributed by atoms with Crippen LogP contribution in [0.4, 0.5) is 0 Å². The highest BCUT2D eigenvalue weighted by atomic mass is 35.5. The highest BCUT2D eigenvalue weighted by Crippen LogP contribution is 2.24. The fourth-order valence-corrected chi connectivity index (χ4v) is 1.94. The van der Waals surface area contributed by atoms with E-state index in [-0.39, 0.29) is 16.0 Å². The van der Waals surface area contributed by atoms with E-state index in [1.54, 1.807) is 12.1 Å². The van der Waals surface area contributed by atoms with Crippen molar-refractivity contribution in [1.29, 1.82) is 0 Å². The number of hydrogen-bond acceptors (Lipinski definition) is 5. The molecule has 0 aliphatic carbocycles. The van der Waals surface area contributed by atoms with Crippen molar-refractivity contribution in [3.8, 4) is 0 Å². The molecule has 1 heterocycles. The van der Waals surface area contributed by atoms with Gasteiger partial charge in [-0.2, -0.15) is 0 Å². The number of hydrogen-bond donors (Lipinski definition) is 2. The quantitative estimate of drug-likeness (QED) is 0.802. The van der Waals surface area contributed by atoms with Crippen molar-refractivity contribution in [3.63, 3.8) is 0 Å². The van der Waals surface area contributed by atoms with Crippen molar-refractivity contribution >= 4 is 28.5 Å². The first-order valence-electron chi connectivity index (χ1n) is 4.62. The minimum absolute atomic E-state index is 0.108. The van der Waals surface area contributed by atoms with E-state index >= 15 is 0 Å². The van der Waals surface area contributed by atoms with Gasteiger partial charge < -0.3 is 10.2 Å². The van der Waals surface area contributed by atoms with E-state index in [1.807, 2.05) is 0 Å². The normalized spacial score (nSPS) is 14.5. The zero-order chi connectivity index (χ0) is 12.1. The van der Waals surface area contributed by atoms with Crippen molar-refractivity contribution < 1.29 is 15.0 Å². The first-order valence-corrected chi connectivity index (χ1v) is 5.98. The van der Waals surface area contributed by atoms with E-state index in [1.165, 1.54) is 13.1 Å². The lowest BCUT2D eigenvalue weighted by Gasteiger charge is -2.17. The molecule has 2 atom stereocenters. The molecule has 0 aromatic carbocycles. The van der Waals surface area contributed by atoms with Crippen molar-refractivity contribution in [3.05, 3.63) is 29.0 Å². The minimum Gasteiger partial charge on any atom is -0.389 e. The van der Waals surface area contributed by atoms with Crippen LogP contribution < -0.4 is 0 Å². The van der Waals surface area contributed by atoms with E-state index in [0.29, 0.717) is 5.56 Å². The van der Waals surface area contributed by atoms with Crippen molar-refractivity contribution in [2.24, 2.45) is 0 Å². The van der Waals surface area contributed by atoms with Crippen LogP contribution >= 0.6 is 23.4 Å². The molecule has 0 radical (unpaired) electrons. The molecule has 1 aromatic heterocycles. The molecule has 1 rings (SSSR count). The van der Waals surface area contributed by atoms with Crippen molar-refractivity contribution in [2.75, 3.05) is 5.75 Å². The number of aromatic nitrogens is 1. The Hall–Kier alpha value is -0.620. The Balaban J connectivity index is 2.66. The minimum atomic E-state index is -1.13. The van der Waals surface area contributed by atoms with E-state index in [0.717, 1.165) is 11.8 Å². The zero-order valence-corrected chi connectivity index (χ0v) is 10.2. The van der Waals surface area contributed by atoms with Gasteiger partial charge in [-0.05, 0) is 6.07 Å². The molecule has 6 heteroatoms. The summed E-state index contributed by atoms with van der Waals surface area (Å²) in [5, 5.41) is 19.5. The molecule has 0 spiro atoms. The maximum atomic E-state index is 10.7. The van der Waals surface area contributed by atoms with Gasteiger partial charge in [0.25, 0.3) is 0 Å². The molecule has 2 unspecified atom stereocenters. The average molecular weight is 262 g/mol. The Labute approximate surface area is 103 Å². The topological polar surface area (TPSA) is 70.4 Å². The molecule has 0 fully saturated rings. The number of carbonyl (C=O) groups excluding carboxylic acids is 1. The standard InChI is InChI=1S/C10H12ClNO3S/c1-6(13)16-5-8(14)9(15)7-3-2-4-12-10(7)11/h2-4,8-9,14-15H,5H2,1H3. The van der Waals surface area contributed by atoms with Gasteiger partial charge in [0.05, 0.1) is 6.10 Å². The highest BCUT2D eigenvalue weighted by Gasteiger charge is 2.21. The predicted molar refractivity (Wildman–Crippen MR) is 63.4 cm³/mol. The molecule has 16 heavy (non-hydrogen) atoms. The van der Waals surface area contributed by atoms with E-state index in [4.69, 9.17) is 11.6 Å². The van der Waals surface area contributed by atoms with Gasteiger partial charge in [0, 0.05) is 24.4 Å². The molecule has 88 valence electrons. The second-order valence-electron chi connectivity index (χ2n) is 3.20. The lowest BCUT2D eigenvalue weighted by Crippen LogP contribution is -2.21. The van der Waals surface area contributed by atoms with Gasteiger partial charge in [-0.3, -0.25) is 4.79 Å². The fraction of sp³-hybridized carbons (Fsp3) is 0.400. The summed E-state index contributed by atoms with van der Waals surface area (Å²) < 4.78 is 0. The van der Waals surface area contributed by atoms with Crippen molar-refractivity contribution in [1.82, 2.24) is 4.98 Å². The van der Waals surface area contributed by atoms with Crippen LogP contribution in [0.15, 0.2) is 18.3 Å². The number of aliphatic hydroxyl groups excluding tert-OH is 2. The summed E-state index contributed by atoms with van der Waals surface area (Å²) in [4.78, 5) is 14.5. The summed E-state index contributed by atoms with van der Waals surface area (Å²) in [7, 11) is 0. The van der Waals surface area contributed by atoms with Crippen LogP contribution in [0, 0.1) is 0 Å². The molecule has 4 nitrogen and oxygen atoms in total. The maximum absolute atomic E-state index is 10.7. The molecular formula is C10H12ClNO3S. The second kappa shape index (κ2) is 6.20. The third kappa shape index (κ3) is 3.75. The zero-order valence-electron chi connectivity index (χ0n) is 8.63. The van der Waals surface area contributed by atoms with Crippen LogP contribution in [0.3, 0.4) is 0 Å². The third-order valence-electron chi connectivity index (χ3n) is 1.93. The largest absolute Gasteiger partial charge is 0.389 e. The Morgan fingerprint density at radius 3 is 2.88 bits per heavy atom. The van der Waals surface area contributed by atoms with Crippen LogP contribution in [0.2, 0.25) is 5.15 Å². The van der Waals surface area contributed by atoms with Gasteiger partial charge in [-0.25, -0.2) is 4.98 Å². The first kappa shape index (κ1) is 13.4. The van der Waals surface area contributed by atoms with Gasteiger partial charge in [0.15, 0.2) is 5.12 Å². The summed E-state index contributed by atoms with van der Waals surface area (Å²) in [6.45, 7) is 1.40. The molecule has 0 amide bonds. The first-order chi connectivity index (χ1) is 7.52. The monoisotopic (exact) mass is 261 g/mol. The Kier molecular flexibility index (Phi) is 5.21. The Morgan fingerprint density at radius 1 is 1.62 bits per heavy atom. The van der Waals surface area contributed by atoms with Gasteiger partial charge >= 0.3 is 0 Å². The summed E-state index contributed by atoms with van der Waals surface area (Å²) in [5.74, 6) is 0.127. The predicted octanol–water partition coefficient (Wildman–Crippen LogP) is 1.41. The number of carbonyl (C=O) groups is 1. The molecule has 0 saturated heterocycles. The summed E-state index contributed by atoms with van der Waals surface area (Å²) in [6.07, 6.45) is -0.682. The van der Waals surface area contributed by atoms with Gasteiger partial charge in [-0.1, -0.05) is 29.4 Å². The molecule has 1 aromatic rings. The van der Waals surface area contributed by atoms with Crippen molar-refractivity contribution in [2.45, 2.75) is 19.1 Å². The number of pyridine rings is 1. The number of halogens is 1. The van der Waals surface area contributed by atoms with E-state index in [9.17, 15) is 15.0 Å². The maximum Gasteiger partial charge on any atom is 0.185 e. The van der Waals surface area contributed by atoms with Crippen LogP contribution in [0.25, 0.3) is 0 Å². The van der Waals surface area contributed by atoms with Gasteiger partial charge in [-0.15, -0.1) is 0 Å². The SMILES string of the molecule is CC(=O)SCC(O)C(O)c1cccnc1Cl. The van der Waals surface area contributed by atoms with E-state index in [2.05, 4.69) is 4.98 Å². The van der Waals surface area contributed by atoms with Crippen LogP contribution in [-0.2, 0) is 4.79 Å². The fourth-order valence-electron chi connectivity index (χ4n) is 1.12. The van der Waals surface area contributed by atoms with Crippen LogP contribution in [0.1, 0.15) is 18.6 Å². The number of nitrogens with zero attached hydrogens (tertiary/aromatic N) is 1. The number of aliphatic hydroxyl groups is 2. The molecule has 0 aliphatic rings. The lowest BCUT2D eigenvalue weighted by atomic mass is 10.1. The van der Waals surface area contributed by atoms with Crippen LogP contribution in [0.5, 0.6) is 0 Å². The smallest absolute Gasteiger partial charge is 0.185 e. The molecule has 2 N–H and O–H groups in total. The average Bonchev–Trinajstić information content (AvgIpc) is 2.25. The molecular weight excluding hydrogens is 250 g/mol. The van der Waals surface area contributed by atoms with Gasteiger partial charge in [0.1, 0.15) is 11.3 Å². The molecule has 0 aliphatic heterocycles. The third-order valence-corrected chi connectivity index (χ3v) is 3.16. The summed E-state index contributed by atoms with van der Waals surface area (Å²) in [6, 6.07) is 3.21. The van der Waals surface area contributed by atoms with Gasteiger partial charge in [0.2, 0.25) is 0 Å². The van der Waals surface area contributed by atoms with E-state index < -0.39 is 12.2 Å². The molecule has 0 saturated carbocycles. The summed E-state index contributed by atoms with van der Waals surface area (Å²) in [5.41, 5.74) is 0.362. The number of thioether (sulfide) groups is 1.